The standard InChI is InChI=1S/C9H21NOSi/c1-6-8(9(11)7-2)10-12(3,4)5/h9,11H,6-7H2,1-5H3. The highest BCUT2D eigenvalue weighted by Crippen LogP contribution is 2.07. The van der Waals surface area contributed by atoms with Crippen molar-refractivity contribution in [3.8, 4) is 0 Å². The van der Waals surface area contributed by atoms with Crippen molar-refractivity contribution in [2.75, 3.05) is 0 Å². The van der Waals surface area contributed by atoms with Gasteiger partial charge in [0.05, 0.1) is 6.10 Å². The zero-order valence-corrected chi connectivity index (χ0v) is 9.89. The first kappa shape index (κ1) is 11.8. The van der Waals surface area contributed by atoms with Gasteiger partial charge in [-0.2, -0.15) is 0 Å². The first-order chi connectivity index (χ1) is 5.40. The SMILES string of the molecule is CCC(=N[Si](C)(C)C)C(O)CC. The van der Waals surface area contributed by atoms with Crippen LogP contribution in [0.2, 0.25) is 19.6 Å². The predicted molar refractivity (Wildman–Crippen MR) is 57.4 cm³/mol. The lowest BCUT2D eigenvalue weighted by Crippen LogP contribution is -2.26. The van der Waals surface area contributed by atoms with Crippen LogP contribution < -0.4 is 0 Å². The average Bonchev–Trinajstić information content (AvgIpc) is 1.97. The number of aliphatic hydroxyl groups excluding tert-OH is 1. The molecule has 2 nitrogen and oxygen atoms in total. The Hall–Kier alpha value is -0.153. The third-order valence-corrected chi connectivity index (χ3v) is 2.57. The molecule has 0 saturated carbocycles. The maximum atomic E-state index is 9.57. The van der Waals surface area contributed by atoms with Crippen LogP contribution in [0, 0.1) is 0 Å². The summed E-state index contributed by atoms with van der Waals surface area (Å²) in [6, 6.07) is 0. The molecule has 0 saturated heterocycles. The van der Waals surface area contributed by atoms with Gasteiger partial charge >= 0.3 is 0 Å². The largest absolute Gasteiger partial charge is 0.387 e. The first-order valence-corrected chi connectivity index (χ1v) is 8.12. The summed E-state index contributed by atoms with van der Waals surface area (Å²) in [5.74, 6) is 0. The van der Waals surface area contributed by atoms with Crippen LogP contribution in [-0.2, 0) is 0 Å². The lowest BCUT2D eigenvalue weighted by Gasteiger charge is -2.16. The summed E-state index contributed by atoms with van der Waals surface area (Å²) >= 11 is 0. The van der Waals surface area contributed by atoms with Crippen molar-refractivity contribution in [3.63, 3.8) is 0 Å². The second kappa shape index (κ2) is 4.77. The fraction of sp³-hybridized carbons (Fsp3) is 0.889. The van der Waals surface area contributed by atoms with Gasteiger partial charge in [0, 0.05) is 5.71 Å². The van der Waals surface area contributed by atoms with Crippen LogP contribution in [0.5, 0.6) is 0 Å². The molecular formula is C9H21NOSi. The second-order valence-corrected chi connectivity index (χ2v) is 8.62. The van der Waals surface area contributed by atoms with Crippen molar-refractivity contribution in [1.29, 1.82) is 0 Å². The van der Waals surface area contributed by atoms with Gasteiger partial charge in [-0.3, -0.25) is 0 Å². The number of nitrogens with zero attached hydrogens (tertiary/aromatic N) is 1. The smallest absolute Gasteiger partial charge is 0.172 e. The molecule has 72 valence electrons. The summed E-state index contributed by atoms with van der Waals surface area (Å²) in [5, 5.41) is 9.57. The molecule has 0 aliphatic heterocycles. The molecule has 1 atom stereocenters. The van der Waals surface area contributed by atoms with Crippen molar-refractivity contribution in [3.05, 3.63) is 0 Å². The van der Waals surface area contributed by atoms with Crippen LogP contribution in [0.1, 0.15) is 26.7 Å². The van der Waals surface area contributed by atoms with E-state index in [1.165, 1.54) is 0 Å². The highest BCUT2D eigenvalue weighted by molar-refractivity contribution is 6.75. The van der Waals surface area contributed by atoms with E-state index >= 15 is 0 Å². The minimum absolute atomic E-state index is 0.318. The summed E-state index contributed by atoms with van der Waals surface area (Å²) in [7, 11) is -1.39. The van der Waals surface area contributed by atoms with Gasteiger partial charge in [0.1, 0.15) is 0 Å². The van der Waals surface area contributed by atoms with E-state index < -0.39 is 8.24 Å². The maximum Gasteiger partial charge on any atom is 0.172 e. The lowest BCUT2D eigenvalue weighted by molar-refractivity contribution is 0.235. The normalized spacial score (nSPS) is 16.3. The van der Waals surface area contributed by atoms with E-state index in [-0.39, 0.29) is 6.10 Å². The molecule has 12 heavy (non-hydrogen) atoms. The fourth-order valence-corrected chi connectivity index (χ4v) is 2.22. The van der Waals surface area contributed by atoms with Gasteiger partial charge in [0.15, 0.2) is 8.24 Å². The van der Waals surface area contributed by atoms with E-state index in [1.807, 2.05) is 6.92 Å². The molecule has 0 aromatic rings. The Morgan fingerprint density at radius 2 is 1.83 bits per heavy atom. The van der Waals surface area contributed by atoms with Crippen LogP contribution in [0.15, 0.2) is 4.66 Å². The Bertz CT molecular complexity index is 160. The highest BCUT2D eigenvalue weighted by Gasteiger charge is 2.15. The molecule has 0 aromatic heterocycles. The van der Waals surface area contributed by atoms with Crippen molar-refractivity contribution in [2.45, 2.75) is 52.4 Å². The number of hydrogen-bond donors (Lipinski definition) is 1. The van der Waals surface area contributed by atoms with Gasteiger partial charge in [-0.05, 0) is 32.5 Å². The molecule has 3 heteroatoms. The molecule has 0 aliphatic rings. The average molecular weight is 187 g/mol. The Morgan fingerprint density at radius 3 is 2.08 bits per heavy atom. The maximum absolute atomic E-state index is 9.57. The van der Waals surface area contributed by atoms with E-state index in [0.29, 0.717) is 0 Å². The summed E-state index contributed by atoms with van der Waals surface area (Å²) in [6.07, 6.45) is 1.33. The summed E-state index contributed by atoms with van der Waals surface area (Å²) in [6.45, 7) is 10.6. The summed E-state index contributed by atoms with van der Waals surface area (Å²) in [4.78, 5) is 0. The number of rotatable bonds is 4. The minimum atomic E-state index is -1.39. The van der Waals surface area contributed by atoms with Crippen molar-refractivity contribution in [1.82, 2.24) is 0 Å². The first-order valence-electron chi connectivity index (χ1n) is 4.67. The van der Waals surface area contributed by atoms with Crippen LogP contribution in [0.4, 0.5) is 0 Å². The van der Waals surface area contributed by atoms with Gasteiger partial charge in [-0.15, -0.1) is 0 Å². The topological polar surface area (TPSA) is 32.6 Å². The molecule has 0 spiro atoms. The van der Waals surface area contributed by atoms with Crippen molar-refractivity contribution in [2.24, 2.45) is 4.66 Å². The van der Waals surface area contributed by atoms with E-state index in [9.17, 15) is 5.11 Å². The van der Waals surface area contributed by atoms with Gasteiger partial charge in [-0.1, -0.05) is 13.8 Å². The molecule has 0 rings (SSSR count). The molecule has 0 heterocycles. The van der Waals surface area contributed by atoms with Crippen molar-refractivity contribution < 1.29 is 5.11 Å². The van der Waals surface area contributed by atoms with E-state index in [2.05, 4.69) is 31.2 Å². The molecule has 1 N–H and O–H groups in total. The summed E-state index contributed by atoms with van der Waals surface area (Å²) < 4.78 is 4.60. The predicted octanol–water partition coefficient (Wildman–Crippen LogP) is 2.44. The zero-order valence-electron chi connectivity index (χ0n) is 8.89. The highest BCUT2D eigenvalue weighted by atomic mass is 28.3. The zero-order chi connectivity index (χ0) is 9.78. The molecule has 0 aromatic carbocycles. The quantitative estimate of drug-likeness (QED) is 0.532. The fourth-order valence-electron chi connectivity index (χ4n) is 1.06. The Balaban J connectivity index is 4.43. The molecule has 0 radical (unpaired) electrons. The second-order valence-electron chi connectivity index (χ2n) is 4.05. The van der Waals surface area contributed by atoms with Crippen LogP contribution in [0.3, 0.4) is 0 Å². The van der Waals surface area contributed by atoms with E-state index in [1.54, 1.807) is 0 Å². The van der Waals surface area contributed by atoms with Crippen LogP contribution in [-0.4, -0.2) is 25.2 Å². The monoisotopic (exact) mass is 187 g/mol. The molecule has 0 amide bonds. The van der Waals surface area contributed by atoms with Gasteiger partial charge in [-0.25, -0.2) is 0 Å². The number of aliphatic hydroxyl groups is 1. The van der Waals surface area contributed by atoms with Gasteiger partial charge in [0.2, 0.25) is 0 Å². The lowest BCUT2D eigenvalue weighted by atomic mass is 10.1. The van der Waals surface area contributed by atoms with Crippen LogP contribution in [0.25, 0.3) is 0 Å². The Labute approximate surface area is 76.8 Å². The number of hydrogen-bond acceptors (Lipinski definition) is 2. The Morgan fingerprint density at radius 1 is 1.33 bits per heavy atom. The Kier molecular flexibility index (Phi) is 4.71. The summed E-state index contributed by atoms with van der Waals surface area (Å²) in [5.41, 5.74) is 0.983. The molecule has 0 bridgehead atoms. The minimum Gasteiger partial charge on any atom is -0.387 e. The van der Waals surface area contributed by atoms with Gasteiger partial charge in [0.25, 0.3) is 0 Å². The van der Waals surface area contributed by atoms with Crippen LogP contribution >= 0.6 is 0 Å². The molecular weight excluding hydrogens is 166 g/mol. The van der Waals surface area contributed by atoms with E-state index in [4.69, 9.17) is 0 Å². The van der Waals surface area contributed by atoms with Crippen molar-refractivity contribution >= 4 is 13.9 Å². The molecule has 0 fully saturated rings. The molecule has 1 unspecified atom stereocenters. The van der Waals surface area contributed by atoms with Gasteiger partial charge < -0.3 is 9.76 Å². The third-order valence-electron chi connectivity index (χ3n) is 1.61. The molecule has 0 aliphatic carbocycles. The third kappa shape index (κ3) is 4.67. The van der Waals surface area contributed by atoms with E-state index in [0.717, 1.165) is 18.6 Å².